The molecule has 5 nitrogen and oxygen atoms in total. The molecule has 2 aromatic carbocycles. The number of aromatic nitrogens is 1. The van der Waals surface area contributed by atoms with Crippen molar-refractivity contribution < 1.29 is 9.59 Å². The summed E-state index contributed by atoms with van der Waals surface area (Å²) in [5.74, 6) is -0.334. The highest BCUT2D eigenvalue weighted by Gasteiger charge is 2.09. The molecule has 0 fully saturated rings. The summed E-state index contributed by atoms with van der Waals surface area (Å²) in [6, 6.07) is 15.0. The molecule has 0 aliphatic carbocycles. The van der Waals surface area contributed by atoms with E-state index in [1.54, 1.807) is 35.8 Å². The predicted octanol–water partition coefficient (Wildman–Crippen LogP) is 4.28. The summed E-state index contributed by atoms with van der Waals surface area (Å²) in [4.78, 5) is 28.4. The Labute approximate surface area is 156 Å². The molecule has 1 aromatic heterocycles. The molecule has 0 radical (unpaired) electrons. The molecule has 0 bridgehead atoms. The Balaban J connectivity index is 1.56. The van der Waals surface area contributed by atoms with E-state index in [2.05, 4.69) is 15.6 Å². The van der Waals surface area contributed by atoms with Crippen LogP contribution in [0.15, 0.2) is 60.1 Å². The van der Waals surface area contributed by atoms with Gasteiger partial charge >= 0.3 is 0 Å². The van der Waals surface area contributed by atoms with E-state index in [0.717, 1.165) is 5.56 Å². The summed E-state index contributed by atoms with van der Waals surface area (Å²) in [6.45, 7) is 2.04. The number of anilines is 2. The van der Waals surface area contributed by atoms with Gasteiger partial charge < -0.3 is 5.32 Å². The van der Waals surface area contributed by atoms with Gasteiger partial charge in [-0.05, 0) is 37.1 Å². The fourth-order valence-corrected chi connectivity index (χ4v) is 2.95. The third kappa shape index (κ3) is 5.00. The maximum absolute atomic E-state index is 12.2. The first-order valence-electron chi connectivity index (χ1n) is 8.26. The summed E-state index contributed by atoms with van der Waals surface area (Å²) in [7, 11) is 0. The van der Waals surface area contributed by atoms with Gasteiger partial charge in [0.05, 0.1) is 0 Å². The largest absolute Gasteiger partial charge is 0.326 e. The molecule has 1 heterocycles. The third-order valence-corrected chi connectivity index (χ3v) is 4.51. The van der Waals surface area contributed by atoms with Crippen molar-refractivity contribution in [3.63, 3.8) is 0 Å². The average Bonchev–Trinajstić information content (AvgIpc) is 3.14. The number of nitrogens with one attached hydrogen (secondary N) is 2. The lowest BCUT2D eigenvalue weighted by Gasteiger charge is -2.08. The number of aryl methyl sites for hydroxylation is 2. The molecule has 2 amide bonds. The Morgan fingerprint density at radius 1 is 1.08 bits per heavy atom. The van der Waals surface area contributed by atoms with Gasteiger partial charge in [-0.15, -0.1) is 11.3 Å². The fourth-order valence-electron chi connectivity index (χ4n) is 2.43. The number of hydrogen-bond donors (Lipinski definition) is 2. The molecule has 26 heavy (non-hydrogen) atoms. The summed E-state index contributed by atoms with van der Waals surface area (Å²) in [5.41, 5.74) is 3.40. The maximum atomic E-state index is 12.2. The number of nitrogens with zero attached hydrogens (tertiary/aromatic N) is 1. The molecule has 0 atom stereocenters. The van der Waals surface area contributed by atoms with E-state index in [0.29, 0.717) is 29.2 Å². The van der Waals surface area contributed by atoms with Crippen LogP contribution in [0.25, 0.3) is 0 Å². The number of benzene rings is 2. The molecular weight excluding hydrogens is 346 g/mol. The molecule has 0 saturated carbocycles. The van der Waals surface area contributed by atoms with Gasteiger partial charge in [0.2, 0.25) is 5.91 Å². The number of thiazole rings is 1. The monoisotopic (exact) mass is 365 g/mol. The molecular formula is C20H19N3O2S. The second-order valence-electron chi connectivity index (χ2n) is 5.91. The normalized spacial score (nSPS) is 10.3. The number of carbonyl (C=O) groups excluding carboxylic acids is 2. The predicted molar refractivity (Wildman–Crippen MR) is 105 cm³/mol. The van der Waals surface area contributed by atoms with Crippen LogP contribution in [0, 0.1) is 6.92 Å². The van der Waals surface area contributed by atoms with Gasteiger partial charge in [0.15, 0.2) is 5.13 Å². The lowest BCUT2D eigenvalue weighted by molar-refractivity contribution is -0.116. The van der Waals surface area contributed by atoms with Crippen LogP contribution in [-0.4, -0.2) is 16.8 Å². The van der Waals surface area contributed by atoms with E-state index in [9.17, 15) is 9.59 Å². The number of hydrogen-bond acceptors (Lipinski definition) is 4. The fraction of sp³-hybridized carbons (Fsp3) is 0.150. The van der Waals surface area contributed by atoms with Crippen LogP contribution in [0.2, 0.25) is 0 Å². The Kier molecular flexibility index (Phi) is 5.76. The van der Waals surface area contributed by atoms with Crippen molar-refractivity contribution in [1.82, 2.24) is 4.98 Å². The summed E-state index contributed by atoms with van der Waals surface area (Å²) >= 11 is 1.35. The van der Waals surface area contributed by atoms with Crippen molar-refractivity contribution in [2.24, 2.45) is 0 Å². The van der Waals surface area contributed by atoms with Crippen LogP contribution in [0.4, 0.5) is 10.8 Å². The second-order valence-corrected chi connectivity index (χ2v) is 6.80. The summed E-state index contributed by atoms with van der Waals surface area (Å²) in [6.07, 6.45) is 2.69. The molecule has 2 N–H and O–H groups in total. The van der Waals surface area contributed by atoms with Gasteiger partial charge in [0.1, 0.15) is 0 Å². The molecule has 0 unspecified atom stereocenters. The number of carbonyl (C=O) groups is 2. The van der Waals surface area contributed by atoms with Crippen molar-refractivity contribution in [2.45, 2.75) is 19.8 Å². The zero-order valence-electron chi connectivity index (χ0n) is 14.4. The van der Waals surface area contributed by atoms with E-state index in [1.165, 1.54) is 16.9 Å². The summed E-state index contributed by atoms with van der Waals surface area (Å²) in [5, 5.41) is 7.91. The highest BCUT2D eigenvalue weighted by atomic mass is 32.1. The zero-order chi connectivity index (χ0) is 18.4. The smallest absolute Gasteiger partial charge is 0.257 e. The molecule has 0 saturated heterocycles. The average molecular weight is 365 g/mol. The molecule has 132 valence electrons. The minimum Gasteiger partial charge on any atom is -0.326 e. The quantitative estimate of drug-likeness (QED) is 0.685. The first-order chi connectivity index (χ1) is 12.6. The van der Waals surface area contributed by atoms with Crippen molar-refractivity contribution >= 4 is 34.0 Å². The van der Waals surface area contributed by atoms with E-state index < -0.39 is 0 Å². The molecule has 3 aromatic rings. The standard InChI is InChI=1S/C20H19N3O2S/c1-14-5-7-15(8-6-14)9-10-18(24)22-17-4-2-3-16(13-17)19(25)23-20-21-11-12-26-20/h2-8,11-13H,9-10H2,1H3,(H,22,24)(H,21,23,25). The Bertz CT molecular complexity index is 890. The van der Waals surface area contributed by atoms with Crippen LogP contribution in [0.3, 0.4) is 0 Å². The minimum atomic E-state index is -0.254. The molecule has 6 heteroatoms. The topological polar surface area (TPSA) is 71.1 Å². The molecule has 0 spiro atoms. The van der Waals surface area contributed by atoms with E-state index in [1.807, 2.05) is 31.2 Å². The van der Waals surface area contributed by atoms with Crippen LogP contribution in [0.1, 0.15) is 27.9 Å². The summed E-state index contributed by atoms with van der Waals surface area (Å²) < 4.78 is 0. The van der Waals surface area contributed by atoms with Gasteiger partial charge in [-0.3, -0.25) is 14.9 Å². The van der Waals surface area contributed by atoms with Gasteiger partial charge in [-0.1, -0.05) is 35.9 Å². The van der Waals surface area contributed by atoms with Crippen molar-refractivity contribution in [3.05, 3.63) is 76.8 Å². The van der Waals surface area contributed by atoms with Crippen molar-refractivity contribution in [3.8, 4) is 0 Å². The Hall–Kier alpha value is -2.99. The third-order valence-electron chi connectivity index (χ3n) is 3.82. The minimum absolute atomic E-state index is 0.0805. The van der Waals surface area contributed by atoms with Crippen LogP contribution in [0.5, 0.6) is 0 Å². The first-order valence-corrected chi connectivity index (χ1v) is 9.14. The Morgan fingerprint density at radius 2 is 1.88 bits per heavy atom. The van der Waals surface area contributed by atoms with E-state index in [4.69, 9.17) is 0 Å². The van der Waals surface area contributed by atoms with Gasteiger partial charge in [0.25, 0.3) is 5.91 Å². The Morgan fingerprint density at radius 3 is 2.62 bits per heavy atom. The van der Waals surface area contributed by atoms with Crippen LogP contribution < -0.4 is 10.6 Å². The lowest BCUT2D eigenvalue weighted by atomic mass is 10.1. The molecule has 0 aliphatic rings. The number of amides is 2. The molecule has 0 aliphatic heterocycles. The maximum Gasteiger partial charge on any atom is 0.257 e. The van der Waals surface area contributed by atoms with E-state index in [-0.39, 0.29) is 11.8 Å². The lowest BCUT2D eigenvalue weighted by Crippen LogP contribution is -2.14. The van der Waals surface area contributed by atoms with Crippen LogP contribution >= 0.6 is 11.3 Å². The highest BCUT2D eigenvalue weighted by molar-refractivity contribution is 7.13. The zero-order valence-corrected chi connectivity index (χ0v) is 15.2. The SMILES string of the molecule is Cc1ccc(CCC(=O)Nc2cccc(C(=O)Nc3nccs3)c2)cc1. The molecule has 3 rings (SSSR count). The second kappa shape index (κ2) is 8.40. The van der Waals surface area contributed by atoms with Gasteiger partial charge in [-0.25, -0.2) is 4.98 Å². The van der Waals surface area contributed by atoms with Gasteiger partial charge in [0, 0.05) is 29.2 Å². The van der Waals surface area contributed by atoms with Crippen molar-refractivity contribution in [2.75, 3.05) is 10.6 Å². The van der Waals surface area contributed by atoms with Crippen LogP contribution in [-0.2, 0) is 11.2 Å². The van der Waals surface area contributed by atoms with Gasteiger partial charge in [-0.2, -0.15) is 0 Å². The first kappa shape index (κ1) is 17.8. The number of rotatable bonds is 6. The van der Waals surface area contributed by atoms with E-state index >= 15 is 0 Å². The van der Waals surface area contributed by atoms with Crippen molar-refractivity contribution in [1.29, 1.82) is 0 Å². The highest BCUT2D eigenvalue weighted by Crippen LogP contribution is 2.16.